The molecule has 5 atom stereocenters. The minimum Gasteiger partial charge on any atom is -0.246 e. The maximum absolute atomic E-state index is 12.8. The van der Waals surface area contributed by atoms with Gasteiger partial charge in [-0.1, -0.05) is 42.5 Å². The highest BCUT2D eigenvalue weighted by molar-refractivity contribution is 5.31. The predicted molar refractivity (Wildman–Crippen MR) is 86.5 cm³/mol. The third-order valence-corrected chi connectivity index (χ3v) is 5.64. The van der Waals surface area contributed by atoms with E-state index in [9.17, 15) is 9.59 Å². The lowest BCUT2D eigenvalue weighted by molar-refractivity contribution is 0.287. The fourth-order valence-corrected chi connectivity index (χ4v) is 4.68. The van der Waals surface area contributed by atoms with Gasteiger partial charge < -0.3 is 0 Å². The molecule has 116 valence electrons. The quantitative estimate of drug-likeness (QED) is 0.861. The van der Waals surface area contributed by atoms with Crippen LogP contribution in [0.3, 0.4) is 0 Å². The molecule has 2 bridgehead atoms. The van der Waals surface area contributed by atoms with E-state index in [1.54, 1.807) is 12.1 Å². The van der Waals surface area contributed by atoms with Crippen molar-refractivity contribution in [1.29, 1.82) is 0 Å². The zero-order chi connectivity index (χ0) is 15.6. The Morgan fingerprint density at radius 2 is 1.74 bits per heavy atom. The number of para-hydroxylation sites is 1. The highest BCUT2D eigenvalue weighted by Crippen LogP contribution is 2.55. The van der Waals surface area contributed by atoms with Gasteiger partial charge in [-0.25, -0.2) is 23.9 Å². The first-order chi connectivity index (χ1) is 11.2. The third-order valence-electron chi connectivity index (χ3n) is 5.64. The summed E-state index contributed by atoms with van der Waals surface area (Å²) in [5, 5.41) is 2.76. The number of allylic oxidation sites excluding steroid dienone is 4. The Bertz CT molecular complexity index is 931. The minimum atomic E-state index is -0.378. The van der Waals surface area contributed by atoms with Gasteiger partial charge in [0.15, 0.2) is 0 Å². The summed E-state index contributed by atoms with van der Waals surface area (Å²) in [5.74, 6) is 2.01. The highest BCUT2D eigenvalue weighted by atomic mass is 16.2. The van der Waals surface area contributed by atoms with E-state index in [4.69, 9.17) is 0 Å². The molecule has 0 unspecified atom stereocenters. The summed E-state index contributed by atoms with van der Waals surface area (Å²) < 4.78 is 2.73. The Morgan fingerprint density at radius 1 is 0.957 bits per heavy atom. The molecule has 1 N–H and O–H groups in total. The van der Waals surface area contributed by atoms with Crippen LogP contribution in [0.15, 0.2) is 64.2 Å². The summed E-state index contributed by atoms with van der Waals surface area (Å²) >= 11 is 0. The van der Waals surface area contributed by atoms with Crippen molar-refractivity contribution in [2.24, 2.45) is 23.7 Å². The Kier molecular flexibility index (Phi) is 2.52. The number of nitrogens with zero attached hydrogens (tertiary/aromatic N) is 2. The van der Waals surface area contributed by atoms with Crippen LogP contribution in [0.5, 0.6) is 0 Å². The molecule has 0 spiro atoms. The Labute approximate surface area is 132 Å². The second-order valence-electron chi connectivity index (χ2n) is 6.72. The monoisotopic (exact) mass is 307 g/mol. The van der Waals surface area contributed by atoms with E-state index in [2.05, 4.69) is 29.4 Å². The number of hydrogen-bond donors (Lipinski definition) is 1. The van der Waals surface area contributed by atoms with Crippen molar-refractivity contribution in [3.05, 3.63) is 75.6 Å². The van der Waals surface area contributed by atoms with Gasteiger partial charge in [0.25, 0.3) is 0 Å². The first kappa shape index (κ1) is 12.9. The zero-order valence-electron chi connectivity index (χ0n) is 12.5. The van der Waals surface area contributed by atoms with Crippen molar-refractivity contribution < 1.29 is 0 Å². The number of benzene rings is 1. The van der Waals surface area contributed by atoms with Crippen molar-refractivity contribution in [2.45, 2.75) is 12.5 Å². The molecule has 0 saturated heterocycles. The van der Waals surface area contributed by atoms with Crippen LogP contribution in [0.2, 0.25) is 0 Å². The Balaban J connectivity index is 1.61. The second kappa shape index (κ2) is 4.47. The maximum Gasteiger partial charge on any atom is 0.352 e. The van der Waals surface area contributed by atoms with E-state index in [1.165, 1.54) is 15.7 Å². The summed E-state index contributed by atoms with van der Waals surface area (Å²) in [4.78, 5) is 25.1. The van der Waals surface area contributed by atoms with Crippen LogP contribution in [-0.4, -0.2) is 14.3 Å². The van der Waals surface area contributed by atoms with Gasteiger partial charge in [-0.15, -0.1) is 0 Å². The average Bonchev–Trinajstić information content (AvgIpc) is 3.30. The molecule has 1 fully saturated rings. The van der Waals surface area contributed by atoms with Gasteiger partial charge in [-0.2, -0.15) is 0 Å². The van der Waals surface area contributed by atoms with Crippen LogP contribution in [0.4, 0.5) is 0 Å². The van der Waals surface area contributed by atoms with E-state index >= 15 is 0 Å². The number of aromatic nitrogens is 3. The van der Waals surface area contributed by atoms with Crippen LogP contribution in [0, 0.1) is 23.7 Å². The lowest BCUT2D eigenvalue weighted by Gasteiger charge is -2.26. The molecule has 0 radical (unpaired) electrons. The smallest absolute Gasteiger partial charge is 0.246 e. The topological polar surface area (TPSA) is 59.8 Å². The van der Waals surface area contributed by atoms with Gasteiger partial charge >= 0.3 is 11.4 Å². The summed E-state index contributed by atoms with van der Waals surface area (Å²) in [6.45, 7) is 0. The van der Waals surface area contributed by atoms with E-state index in [-0.39, 0.29) is 17.4 Å². The fourth-order valence-electron chi connectivity index (χ4n) is 4.68. The number of aromatic amines is 1. The van der Waals surface area contributed by atoms with E-state index in [1.807, 2.05) is 18.2 Å². The molecule has 1 aromatic carbocycles. The highest BCUT2D eigenvalue weighted by Gasteiger charge is 2.50. The number of hydrogen-bond acceptors (Lipinski definition) is 2. The van der Waals surface area contributed by atoms with Crippen molar-refractivity contribution >= 4 is 0 Å². The third kappa shape index (κ3) is 1.67. The molecule has 0 aliphatic heterocycles. The number of rotatable bonds is 2. The maximum atomic E-state index is 12.8. The van der Waals surface area contributed by atoms with Crippen LogP contribution >= 0.6 is 0 Å². The SMILES string of the molecule is O=c1[nH]n([C@@H]2C=C[C@@H]3[C@@H]2[C@H]2C=C[C@H]3C2)c(=O)n1-c1ccccc1. The van der Waals surface area contributed by atoms with Crippen LogP contribution in [-0.2, 0) is 0 Å². The molecule has 3 aliphatic rings. The molecule has 1 saturated carbocycles. The molecule has 2 aromatic rings. The van der Waals surface area contributed by atoms with Gasteiger partial charge in [0.1, 0.15) is 0 Å². The molecule has 1 heterocycles. The molecule has 0 amide bonds. The lowest BCUT2D eigenvalue weighted by Crippen LogP contribution is -2.32. The molecule has 3 aliphatic carbocycles. The Morgan fingerprint density at radius 3 is 2.57 bits per heavy atom. The zero-order valence-corrected chi connectivity index (χ0v) is 12.5. The van der Waals surface area contributed by atoms with Crippen molar-refractivity contribution in [3.63, 3.8) is 0 Å². The molecular weight excluding hydrogens is 290 g/mol. The lowest BCUT2D eigenvalue weighted by atomic mass is 9.83. The van der Waals surface area contributed by atoms with Gasteiger partial charge in [-0.05, 0) is 42.2 Å². The van der Waals surface area contributed by atoms with Gasteiger partial charge in [0, 0.05) is 0 Å². The normalized spacial score (nSPS) is 33.5. The van der Waals surface area contributed by atoms with E-state index < -0.39 is 0 Å². The standard InChI is InChI=1S/C18H17N3O2/c22-17-19-21(18(23)20(17)13-4-2-1-3-5-13)15-9-8-14-11-6-7-12(10-11)16(14)15/h1-9,11-12,14-16H,10H2,(H,19,22)/t11-,12-,14-,15+,16-/m0/s1. The second-order valence-corrected chi connectivity index (χ2v) is 6.72. The number of nitrogens with one attached hydrogen (secondary N) is 1. The summed E-state index contributed by atoms with van der Waals surface area (Å²) in [5.41, 5.74) is -0.0659. The number of fused-ring (bicyclic) bond motifs is 5. The largest absolute Gasteiger partial charge is 0.352 e. The summed E-state index contributed by atoms with van der Waals surface area (Å²) in [7, 11) is 0. The molecular formula is C18H17N3O2. The van der Waals surface area contributed by atoms with Crippen molar-refractivity contribution in [3.8, 4) is 5.69 Å². The average molecular weight is 307 g/mol. The van der Waals surface area contributed by atoms with Gasteiger partial charge in [0.05, 0.1) is 11.7 Å². The molecule has 5 nitrogen and oxygen atoms in total. The Hall–Kier alpha value is -2.56. The van der Waals surface area contributed by atoms with Crippen molar-refractivity contribution in [1.82, 2.24) is 14.3 Å². The van der Waals surface area contributed by atoms with Crippen LogP contribution in [0.25, 0.3) is 5.69 Å². The molecule has 5 rings (SSSR count). The van der Waals surface area contributed by atoms with E-state index in [0.29, 0.717) is 29.4 Å². The fraction of sp³-hybridized carbons (Fsp3) is 0.333. The van der Waals surface area contributed by atoms with Gasteiger partial charge in [-0.3, -0.25) is 0 Å². The molecule has 5 heteroatoms. The predicted octanol–water partition coefficient (Wildman–Crippen LogP) is 1.88. The van der Waals surface area contributed by atoms with Crippen molar-refractivity contribution in [2.75, 3.05) is 0 Å². The first-order valence-electron chi connectivity index (χ1n) is 8.09. The number of H-pyrrole nitrogens is 1. The summed E-state index contributed by atoms with van der Waals surface area (Å²) in [6.07, 6.45) is 10.1. The summed E-state index contributed by atoms with van der Waals surface area (Å²) in [6, 6.07) is 9.01. The van der Waals surface area contributed by atoms with Crippen LogP contribution < -0.4 is 11.4 Å². The van der Waals surface area contributed by atoms with E-state index in [0.717, 1.165) is 0 Å². The molecule has 1 aromatic heterocycles. The molecule has 23 heavy (non-hydrogen) atoms. The minimum absolute atomic E-state index is 0.0508. The first-order valence-corrected chi connectivity index (χ1v) is 8.09. The van der Waals surface area contributed by atoms with Gasteiger partial charge in [0.2, 0.25) is 0 Å². The van der Waals surface area contributed by atoms with Crippen LogP contribution in [0.1, 0.15) is 12.5 Å².